The Bertz CT molecular complexity index is 1160. The molecule has 1 heterocycles. The van der Waals surface area contributed by atoms with Gasteiger partial charge in [0.15, 0.2) is 11.5 Å². The van der Waals surface area contributed by atoms with Crippen LogP contribution in [0.1, 0.15) is 45.4 Å². The first-order valence-corrected chi connectivity index (χ1v) is 9.87. The molecule has 0 aliphatic rings. The van der Waals surface area contributed by atoms with Crippen molar-refractivity contribution < 1.29 is 9.21 Å². The van der Waals surface area contributed by atoms with Gasteiger partial charge in [-0.1, -0.05) is 37.3 Å². The lowest BCUT2D eigenvalue weighted by Gasteiger charge is -2.07. The molecule has 0 aliphatic heterocycles. The first kappa shape index (κ1) is 18.9. The molecule has 3 aromatic carbocycles. The lowest BCUT2D eigenvalue weighted by Crippen LogP contribution is -2.11. The number of hydrogen-bond acceptors (Lipinski definition) is 3. The smallest absolute Gasteiger partial charge is 0.255 e. The van der Waals surface area contributed by atoms with Gasteiger partial charge in [-0.05, 0) is 72.9 Å². The second-order valence-corrected chi connectivity index (χ2v) is 7.42. The first-order valence-electron chi connectivity index (χ1n) is 9.87. The summed E-state index contributed by atoms with van der Waals surface area (Å²) in [6, 6.07) is 19.6. The molecule has 0 bridgehead atoms. The van der Waals surface area contributed by atoms with Gasteiger partial charge in [0.2, 0.25) is 0 Å². The van der Waals surface area contributed by atoms with Gasteiger partial charge in [0.05, 0.1) is 0 Å². The molecule has 0 spiro atoms. The monoisotopic (exact) mass is 384 g/mol. The van der Waals surface area contributed by atoms with Crippen molar-refractivity contribution in [3.63, 3.8) is 0 Å². The number of nitrogens with zero attached hydrogens (tertiary/aromatic N) is 1. The minimum absolute atomic E-state index is 0.106. The van der Waals surface area contributed by atoms with E-state index in [1.165, 1.54) is 11.1 Å². The highest BCUT2D eigenvalue weighted by molar-refractivity contribution is 6.04. The largest absolute Gasteiger partial charge is 0.440 e. The predicted molar refractivity (Wildman–Crippen MR) is 117 cm³/mol. The van der Waals surface area contributed by atoms with E-state index in [0.717, 1.165) is 34.3 Å². The Hall–Kier alpha value is -3.40. The molecule has 0 aliphatic carbocycles. The van der Waals surface area contributed by atoms with Crippen LogP contribution < -0.4 is 5.32 Å². The van der Waals surface area contributed by atoms with E-state index < -0.39 is 0 Å². The van der Waals surface area contributed by atoms with Gasteiger partial charge in [0, 0.05) is 17.7 Å². The Morgan fingerprint density at radius 3 is 2.34 bits per heavy atom. The van der Waals surface area contributed by atoms with Crippen molar-refractivity contribution in [3.05, 3.63) is 94.4 Å². The van der Waals surface area contributed by atoms with Crippen LogP contribution in [-0.2, 0) is 12.8 Å². The molecule has 29 heavy (non-hydrogen) atoms. The Kier molecular flexibility index (Phi) is 5.17. The van der Waals surface area contributed by atoms with Gasteiger partial charge >= 0.3 is 0 Å². The maximum absolute atomic E-state index is 12.4. The minimum Gasteiger partial charge on any atom is -0.440 e. The molecule has 4 aromatic rings. The van der Waals surface area contributed by atoms with Gasteiger partial charge in [-0.15, -0.1) is 0 Å². The van der Waals surface area contributed by atoms with Crippen molar-refractivity contribution >= 4 is 22.7 Å². The molecule has 0 saturated heterocycles. The highest BCUT2D eigenvalue weighted by Gasteiger charge is 2.10. The third kappa shape index (κ3) is 4.21. The zero-order valence-electron chi connectivity index (χ0n) is 17.0. The number of aromatic nitrogens is 1. The fraction of sp³-hybridized carbons (Fsp3) is 0.200. The van der Waals surface area contributed by atoms with Crippen LogP contribution in [0, 0.1) is 13.8 Å². The SMILES string of the molecule is CCc1ccc(C(=O)Nc2ccc(Cc3nc4cc(C)cc(C)c4o3)cc2)cc1. The molecule has 0 radical (unpaired) electrons. The summed E-state index contributed by atoms with van der Waals surface area (Å²) in [6.45, 7) is 6.20. The topological polar surface area (TPSA) is 55.1 Å². The van der Waals surface area contributed by atoms with Crippen molar-refractivity contribution in [2.24, 2.45) is 0 Å². The molecule has 0 unspecified atom stereocenters. The molecule has 1 amide bonds. The van der Waals surface area contributed by atoms with E-state index in [2.05, 4.69) is 30.2 Å². The van der Waals surface area contributed by atoms with E-state index in [0.29, 0.717) is 17.9 Å². The summed E-state index contributed by atoms with van der Waals surface area (Å²) in [5.41, 5.74) is 7.75. The van der Waals surface area contributed by atoms with Crippen molar-refractivity contribution in [1.29, 1.82) is 0 Å². The number of hydrogen-bond donors (Lipinski definition) is 1. The second kappa shape index (κ2) is 7.92. The fourth-order valence-electron chi connectivity index (χ4n) is 3.47. The molecule has 1 aromatic heterocycles. The standard InChI is InChI=1S/C25H24N2O2/c1-4-18-5-9-20(10-6-18)25(28)26-21-11-7-19(8-12-21)15-23-27-22-14-16(2)13-17(3)24(22)29-23/h5-14H,4,15H2,1-3H3,(H,26,28). The number of fused-ring (bicyclic) bond motifs is 1. The number of oxazole rings is 1. The normalized spacial score (nSPS) is 11.0. The van der Waals surface area contributed by atoms with Crippen molar-refractivity contribution in [3.8, 4) is 0 Å². The van der Waals surface area contributed by atoms with Crippen molar-refractivity contribution in [2.45, 2.75) is 33.6 Å². The number of rotatable bonds is 5. The molecular formula is C25H24N2O2. The quantitative estimate of drug-likeness (QED) is 0.469. The average molecular weight is 384 g/mol. The van der Waals surface area contributed by atoms with E-state index in [9.17, 15) is 4.79 Å². The van der Waals surface area contributed by atoms with Gasteiger partial charge in [-0.25, -0.2) is 4.98 Å². The van der Waals surface area contributed by atoms with Gasteiger partial charge in [-0.2, -0.15) is 0 Å². The molecule has 4 rings (SSSR count). The van der Waals surface area contributed by atoms with Crippen molar-refractivity contribution in [2.75, 3.05) is 5.32 Å². The molecule has 4 nitrogen and oxygen atoms in total. The van der Waals surface area contributed by atoms with E-state index in [1.807, 2.05) is 61.5 Å². The third-order valence-corrected chi connectivity index (χ3v) is 5.06. The van der Waals surface area contributed by atoms with Crippen LogP contribution in [-0.4, -0.2) is 10.9 Å². The van der Waals surface area contributed by atoms with Gasteiger partial charge in [-0.3, -0.25) is 4.79 Å². The Morgan fingerprint density at radius 1 is 0.966 bits per heavy atom. The van der Waals surface area contributed by atoms with Crippen LogP contribution in [0.15, 0.2) is 65.1 Å². The highest BCUT2D eigenvalue weighted by atomic mass is 16.3. The van der Waals surface area contributed by atoms with Crippen LogP contribution in [0.5, 0.6) is 0 Å². The highest BCUT2D eigenvalue weighted by Crippen LogP contribution is 2.23. The van der Waals surface area contributed by atoms with Crippen LogP contribution in [0.3, 0.4) is 0 Å². The molecular weight excluding hydrogens is 360 g/mol. The maximum atomic E-state index is 12.4. The van der Waals surface area contributed by atoms with E-state index in [-0.39, 0.29) is 5.91 Å². The van der Waals surface area contributed by atoms with E-state index >= 15 is 0 Å². The summed E-state index contributed by atoms with van der Waals surface area (Å²) < 4.78 is 5.95. The fourth-order valence-corrected chi connectivity index (χ4v) is 3.47. The number of anilines is 1. The second-order valence-electron chi connectivity index (χ2n) is 7.42. The zero-order chi connectivity index (χ0) is 20.4. The lowest BCUT2D eigenvalue weighted by atomic mass is 10.1. The molecule has 1 N–H and O–H groups in total. The van der Waals surface area contributed by atoms with Crippen LogP contribution >= 0.6 is 0 Å². The molecule has 4 heteroatoms. The Labute approximate surface area is 170 Å². The summed E-state index contributed by atoms with van der Waals surface area (Å²) in [7, 11) is 0. The van der Waals surface area contributed by atoms with Crippen LogP contribution in [0.4, 0.5) is 5.69 Å². The van der Waals surface area contributed by atoms with Gasteiger partial charge < -0.3 is 9.73 Å². The van der Waals surface area contributed by atoms with Crippen LogP contribution in [0.2, 0.25) is 0 Å². The number of carbonyl (C=O) groups is 1. The molecule has 0 fully saturated rings. The maximum Gasteiger partial charge on any atom is 0.255 e. The Morgan fingerprint density at radius 2 is 1.66 bits per heavy atom. The van der Waals surface area contributed by atoms with E-state index in [1.54, 1.807) is 0 Å². The summed E-state index contributed by atoms with van der Waals surface area (Å²) in [5, 5.41) is 2.94. The lowest BCUT2D eigenvalue weighted by molar-refractivity contribution is 0.102. The van der Waals surface area contributed by atoms with Gasteiger partial charge in [0.1, 0.15) is 5.52 Å². The summed E-state index contributed by atoms with van der Waals surface area (Å²) in [4.78, 5) is 17.0. The van der Waals surface area contributed by atoms with Crippen molar-refractivity contribution in [1.82, 2.24) is 4.98 Å². The number of benzene rings is 3. The first-order chi connectivity index (χ1) is 14.0. The number of aryl methyl sites for hydroxylation is 3. The Balaban J connectivity index is 1.45. The minimum atomic E-state index is -0.106. The van der Waals surface area contributed by atoms with E-state index in [4.69, 9.17) is 4.42 Å². The molecule has 0 atom stereocenters. The third-order valence-electron chi connectivity index (χ3n) is 5.06. The number of amides is 1. The molecule has 146 valence electrons. The van der Waals surface area contributed by atoms with Crippen LogP contribution in [0.25, 0.3) is 11.1 Å². The summed E-state index contributed by atoms with van der Waals surface area (Å²) in [5.74, 6) is 0.590. The number of carbonyl (C=O) groups excluding carboxylic acids is 1. The predicted octanol–water partition coefficient (Wildman–Crippen LogP) is 5.85. The zero-order valence-corrected chi connectivity index (χ0v) is 17.0. The summed E-state index contributed by atoms with van der Waals surface area (Å²) in [6.07, 6.45) is 1.57. The summed E-state index contributed by atoms with van der Waals surface area (Å²) >= 11 is 0. The van der Waals surface area contributed by atoms with Gasteiger partial charge in [0.25, 0.3) is 5.91 Å². The molecule has 0 saturated carbocycles. The average Bonchev–Trinajstić information content (AvgIpc) is 3.12. The number of nitrogens with one attached hydrogen (secondary N) is 1.